The van der Waals surface area contributed by atoms with Crippen LogP contribution in [-0.2, 0) is 9.53 Å². The quantitative estimate of drug-likeness (QED) is 0.465. The predicted molar refractivity (Wildman–Crippen MR) is 84.1 cm³/mol. The molecule has 0 heterocycles. The number of rotatable bonds is 10. The fourth-order valence-electron chi connectivity index (χ4n) is 1.60. The predicted octanol–water partition coefficient (Wildman–Crippen LogP) is -0.310. The molecule has 0 amide bonds. The van der Waals surface area contributed by atoms with Crippen molar-refractivity contribution in [2.24, 2.45) is 0 Å². The summed E-state index contributed by atoms with van der Waals surface area (Å²) >= 11 is 0. The summed E-state index contributed by atoms with van der Waals surface area (Å²) in [7, 11) is 0. The molecule has 0 aliphatic carbocycles. The number of ether oxygens (including phenoxy) is 1. The Balaban J connectivity index is 0. The normalized spacial score (nSPS) is 13.2. The van der Waals surface area contributed by atoms with Crippen molar-refractivity contribution in [1.29, 1.82) is 0 Å². The number of carboxylic acid groups (broad SMARTS) is 1. The van der Waals surface area contributed by atoms with Crippen LogP contribution < -0.4 is 21.5 Å². The Bertz CT molecular complexity index is 321. The molecule has 9 heteroatoms. The highest BCUT2D eigenvalue weighted by molar-refractivity contribution is 5.70. The number of carboxylic acids is 1. The molecule has 24 heavy (non-hydrogen) atoms. The summed E-state index contributed by atoms with van der Waals surface area (Å²) in [6.07, 6.45) is -2.99. The number of quaternary nitrogens is 1. The number of carbonyl (C=O) groups is 1. The number of carbonyl (C=O) groups excluding carboxylic acids is 1. The van der Waals surface area contributed by atoms with Crippen LogP contribution in [0.3, 0.4) is 0 Å². The van der Waals surface area contributed by atoms with Crippen LogP contribution in [0.2, 0.25) is 0 Å². The molecule has 5 N–H and O–H groups in total. The second-order valence-corrected chi connectivity index (χ2v) is 6.20. The van der Waals surface area contributed by atoms with Gasteiger partial charge in [0.2, 0.25) is 0 Å². The lowest BCUT2D eigenvalue weighted by atomic mass is 10.1. The Morgan fingerprint density at radius 1 is 1.29 bits per heavy atom. The van der Waals surface area contributed by atoms with Crippen LogP contribution in [0.4, 0.5) is 13.2 Å². The molecule has 0 saturated carbocycles. The maximum absolute atomic E-state index is 10.5. The topological polar surface area (TPSA) is 101 Å². The summed E-state index contributed by atoms with van der Waals surface area (Å²) < 4.78 is 37.3. The summed E-state index contributed by atoms with van der Waals surface area (Å²) in [5.41, 5.74) is 3.81. The van der Waals surface area contributed by atoms with Crippen LogP contribution >= 0.6 is 0 Å². The third-order valence-corrected chi connectivity index (χ3v) is 2.72. The van der Waals surface area contributed by atoms with Gasteiger partial charge < -0.3 is 31.0 Å². The fourth-order valence-corrected chi connectivity index (χ4v) is 1.60. The van der Waals surface area contributed by atoms with Crippen molar-refractivity contribution in [1.82, 2.24) is 10.6 Å². The molecule has 1 atom stereocenters. The molecular formula is C15H32F3N3O3. The number of hydrogen-bond acceptors (Lipinski definition) is 5. The Morgan fingerprint density at radius 2 is 1.83 bits per heavy atom. The highest BCUT2D eigenvalue weighted by atomic mass is 19.4. The molecule has 0 radical (unpaired) electrons. The molecule has 0 unspecified atom stereocenters. The molecule has 0 spiro atoms. The van der Waals surface area contributed by atoms with Gasteiger partial charge in [0, 0.05) is 32.2 Å². The summed E-state index contributed by atoms with van der Waals surface area (Å²) in [6.45, 7) is 13.4. The Morgan fingerprint density at radius 3 is 2.21 bits per heavy atom. The van der Waals surface area contributed by atoms with Crippen molar-refractivity contribution in [2.45, 2.75) is 58.4 Å². The van der Waals surface area contributed by atoms with Gasteiger partial charge in [-0.25, -0.2) is 0 Å². The maximum Gasteiger partial charge on any atom is 0.430 e. The monoisotopic (exact) mass is 359 g/mol. The molecule has 146 valence electrons. The van der Waals surface area contributed by atoms with Gasteiger partial charge in [-0.3, -0.25) is 0 Å². The smallest absolute Gasteiger partial charge is 0.430 e. The van der Waals surface area contributed by atoms with E-state index in [0.29, 0.717) is 6.04 Å². The van der Waals surface area contributed by atoms with Gasteiger partial charge in [0.05, 0.1) is 12.1 Å². The highest BCUT2D eigenvalue weighted by Crippen LogP contribution is 2.11. The second kappa shape index (κ2) is 13.4. The summed E-state index contributed by atoms with van der Waals surface area (Å²) in [6, 6.07) is 0.507. The molecule has 6 nitrogen and oxygen atoms in total. The molecule has 0 aromatic carbocycles. The van der Waals surface area contributed by atoms with E-state index in [4.69, 9.17) is 14.6 Å². The van der Waals surface area contributed by atoms with Gasteiger partial charge in [0.15, 0.2) is 0 Å². The molecule has 0 saturated heterocycles. The largest absolute Gasteiger partial charge is 0.542 e. The van der Waals surface area contributed by atoms with Gasteiger partial charge in [-0.15, -0.1) is 0 Å². The molecular weight excluding hydrogens is 327 g/mol. The van der Waals surface area contributed by atoms with Crippen molar-refractivity contribution >= 4 is 5.97 Å². The summed E-state index contributed by atoms with van der Waals surface area (Å²) in [5, 5.41) is 15.7. The Hall–Kier alpha value is -0.900. The van der Waals surface area contributed by atoms with E-state index in [-0.39, 0.29) is 5.60 Å². The Kier molecular flexibility index (Phi) is 14.1. The van der Waals surface area contributed by atoms with Crippen LogP contribution in [0.15, 0.2) is 0 Å². The van der Waals surface area contributed by atoms with E-state index < -0.39 is 12.1 Å². The zero-order chi connectivity index (χ0) is 19.2. The number of alkyl halides is 3. The Labute approximate surface area is 142 Å². The van der Waals surface area contributed by atoms with Crippen LogP contribution in [0.1, 0.15) is 40.5 Å². The van der Waals surface area contributed by atoms with Gasteiger partial charge in [-0.2, -0.15) is 13.2 Å². The number of aliphatic carboxylic acids is 1. The first kappa shape index (κ1) is 25.3. The van der Waals surface area contributed by atoms with E-state index in [9.17, 15) is 13.2 Å². The number of likely N-dealkylation sites (N-methyl/N-ethyl adjacent to an activating group) is 1. The van der Waals surface area contributed by atoms with Crippen molar-refractivity contribution in [3.05, 3.63) is 0 Å². The SMILES string of the molecule is CCN[C@@H](CCOC(C)(C)C)CNCCC[NH3+].O=C([O-])C(F)(F)F. The van der Waals surface area contributed by atoms with Gasteiger partial charge in [0.1, 0.15) is 5.97 Å². The van der Waals surface area contributed by atoms with Gasteiger partial charge in [-0.05, 0) is 33.7 Å². The van der Waals surface area contributed by atoms with Crippen LogP contribution in [0.25, 0.3) is 0 Å². The fraction of sp³-hybridized carbons (Fsp3) is 0.933. The molecule has 0 aromatic heterocycles. The van der Waals surface area contributed by atoms with E-state index in [1.165, 1.54) is 0 Å². The minimum atomic E-state index is -5.19. The number of nitrogens with one attached hydrogen (secondary N) is 2. The van der Waals surface area contributed by atoms with Crippen molar-refractivity contribution in [2.75, 3.05) is 32.8 Å². The zero-order valence-electron chi connectivity index (χ0n) is 15.1. The molecule has 0 rings (SSSR count). The average molecular weight is 359 g/mol. The van der Waals surface area contributed by atoms with E-state index in [0.717, 1.165) is 45.6 Å². The second-order valence-electron chi connectivity index (χ2n) is 6.20. The third-order valence-electron chi connectivity index (χ3n) is 2.72. The lowest BCUT2D eigenvalue weighted by molar-refractivity contribution is -0.367. The van der Waals surface area contributed by atoms with Crippen LogP contribution in [0, 0.1) is 0 Å². The maximum atomic E-state index is 10.5. The first-order valence-electron chi connectivity index (χ1n) is 8.09. The molecule has 0 bridgehead atoms. The van der Waals surface area contributed by atoms with E-state index in [2.05, 4.69) is 44.1 Å². The lowest BCUT2D eigenvalue weighted by Crippen LogP contribution is -2.51. The van der Waals surface area contributed by atoms with E-state index >= 15 is 0 Å². The third kappa shape index (κ3) is 19.1. The minimum Gasteiger partial charge on any atom is -0.542 e. The first-order valence-corrected chi connectivity index (χ1v) is 8.09. The van der Waals surface area contributed by atoms with E-state index in [1.54, 1.807) is 0 Å². The minimum absolute atomic E-state index is 0.0297. The molecule has 0 aliphatic heterocycles. The molecule has 0 fully saturated rings. The highest BCUT2D eigenvalue weighted by Gasteiger charge is 2.28. The van der Waals surface area contributed by atoms with Gasteiger partial charge >= 0.3 is 6.18 Å². The van der Waals surface area contributed by atoms with Crippen molar-refractivity contribution in [3.8, 4) is 0 Å². The van der Waals surface area contributed by atoms with E-state index in [1.807, 2.05) is 0 Å². The van der Waals surface area contributed by atoms with Crippen LogP contribution in [-0.4, -0.2) is 56.6 Å². The zero-order valence-corrected chi connectivity index (χ0v) is 15.1. The number of halogens is 3. The lowest BCUT2D eigenvalue weighted by Gasteiger charge is -2.23. The summed E-state index contributed by atoms with van der Waals surface area (Å²) in [4.78, 5) is 8.78. The van der Waals surface area contributed by atoms with Crippen molar-refractivity contribution in [3.63, 3.8) is 0 Å². The number of hydrogen-bond donors (Lipinski definition) is 3. The van der Waals surface area contributed by atoms with Crippen molar-refractivity contribution < 1.29 is 33.5 Å². The average Bonchev–Trinajstić information content (AvgIpc) is 2.41. The summed E-state index contributed by atoms with van der Waals surface area (Å²) in [5.74, 6) is -3.01. The molecule has 0 aromatic rings. The molecule has 0 aliphatic rings. The van der Waals surface area contributed by atoms with Crippen LogP contribution in [0.5, 0.6) is 0 Å². The standard InChI is InChI=1S/C13H31N3O.C2HF3O2/c1-5-16-12(11-15-9-6-8-14)7-10-17-13(2,3)4;3-2(4,5)1(6)7/h12,15-16H,5-11,14H2,1-4H3;(H,6,7)/t12-;/m0./s1. The van der Waals surface area contributed by atoms with Gasteiger partial charge in [0.25, 0.3) is 0 Å². The first-order chi connectivity index (χ1) is 10.9. The van der Waals surface area contributed by atoms with Gasteiger partial charge in [-0.1, -0.05) is 6.92 Å².